The minimum absolute atomic E-state index is 0.176. The summed E-state index contributed by atoms with van der Waals surface area (Å²) in [7, 11) is 0. The molecule has 0 aromatic rings. The summed E-state index contributed by atoms with van der Waals surface area (Å²) in [6, 6.07) is 0. The zero-order valence-corrected chi connectivity index (χ0v) is 15.6. The SMILES string of the molecule is C=C(C)C(=O)O.C=C(C)C(=O)O.OC(F)(F)C(F)(F)C(F)(F)C(F)(F)C(F)(F)C(O)(F)F. The lowest BCUT2D eigenvalue weighted by Crippen LogP contribution is -2.70. The maximum absolute atomic E-state index is 12.4. The van der Waals surface area contributed by atoms with Gasteiger partial charge in [-0.05, 0) is 13.8 Å². The maximum atomic E-state index is 12.4. The van der Waals surface area contributed by atoms with Gasteiger partial charge in [-0.25, -0.2) is 9.59 Å². The molecule has 32 heavy (non-hydrogen) atoms. The highest BCUT2D eigenvalue weighted by molar-refractivity contribution is 5.85. The van der Waals surface area contributed by atoms with Crippen molar-refractivity contribution in [2.45, 2.75) is 49.8 Å². The van der Waals surface area contributed by atoms with Crippen LogP contribution in [-0.2, 0) is 9.59 Å². The summed E-state index contributed by atoms with van der Waals surface area (Å²) < 4.78 is 146. The van der Waals surface area contributed by atoms with E-state index in [-0.39, 0.29) is 11.1 Å². The predicted molar refractivity (Wildman–Crippen MR) is 79.0 cm³/mol. The summed E-state index contributed by atoms with van der Waals surface area (Å²) >= 11 is 0. The van der Waals surface area contributed by atoms with Crippen LogP contribution in [0.1, 0.15) is 13.8 Å². The molecule has 0 heterocycles. The smallest absolute Gasteiger partial charge is 0.423 e. The van der Waals surface area contributed by atoms with Crippen LogP contribution < -0.4 is 0 Å². The van der Waals surface area contributed by atoms with Gasteiger partial charge in [0.15, 0.2) is 0 Å². The molecule has 0 radical (unpaired) electrons. The number of hydrogen-bond donors (Lipinski definition) is 4. The highest BCUT2D eigenvalue weighted by Crippen LogP contribution is 2.58. The third-order valence-corrected chi connectivity index (χ3v) is 2.67. The van der Waals surface area contributed by atoms with Gasteiger partial charge in [0.25, 0.3) is 0 Å². The van der Waals surface area contributed by atoms with Crippen LogP contribution in [0.2, 0.25) is 0 Å². The highest BCUT2D eigenvalue weighted by atomic mass is 19.4. The van der Waals surface area contributed by atoms with Gasteiger partial charge in [0.05, 0.1) is 0 Å². The van der Waals surface area contributed by atoms with E-state index in [0.29, 0.717) is 0 Å². The molecule has 0 saturated heterocycles. The summed E-state index contributed by atoms with van der Waals surface area (Å²) in [5, 5.41) is 30.4. The third kappa shape index (κ3) is 7.57. The molecule has 0 aromatic heterocycles. The zero-order chi connectivity index (χ0) is 27.3. The molecule has 0 amide bonds. The van der Waals surface area contributed by atoms with Crippen molar-refractivity contribution >= 4 is 11.9 Å². The van der Waals surface area contributed by atoms with E-state index in [0.717, 1.165) is 0 Å². The Balaban J connectivity index is -0.000000571. The Morgan fingerprint density at radius 2 is 0.656 bits per heavy atom. The Morgan fingerprint density at radius 1 is 0.531 bits per heavy atom. The normalized spacial score (nSPS) is 13.1. The molecule has 0 fully saturated rings. The second kappa shape index (κ2) is 10.4. The van der Waals surface area contributed by atoms with Gasteiger partial charge < -0.3 is 20.4 Å². The molecule has 0 aliphatic heterocycles. The Kier molecular flexibility index (Phi) is 11.1. The number of alkyl halides is 12. The van der Waals surface area contributed by atoms with E-state index >= 15 is 0 Å². The second-order valence-electron chi connectivity index (χ2n) is 5.55. The molecule has 0 atom stereocenters. The van der Waals surface area contributed by atoms with Crippen molar-refractivity contribution in [3.8, 4) is 0 Å². The number of hydrogen-bond acceptors (Lipinski definition) is 4. The average Bonchev–Trinajstić information content (AvgIpc) is 2.52. The molecule has 190 valence electrons. The van der Waals surface area contributed by atoms with E-state index in [2.05, 4.69) is 13.2 Å². The first kappa shape index (κ1) is 34.1. The Hall–Kier alpha value is -2.50. The Labute approximate surface area is 170 Å². The van der Waals surface area contributed by atoms with Crippen LogP contribution >= 0.6 is 0 Å². The van der Waals surface area contributed by atoms with Crippen molar-refractivity contribution in [2.24, 2.45) is 0 Å². The molecular formula is C14H14F12O6. The zero-order valence-electron chi connectivity index (χ0n) is 15.6. The highest BCUT2D eigenvalue weighted by Gasteiger charge is 2.90. The van der Waals surface area contributed by atoms with Crippen LogP contribution in [0.15, 0.2) is 24.3 Å². The number of aliphatic carboxylic acids is 2. The first-order valence-electron chi connectivity index (χ1n) is 7.03. The lowest BCUT2D eigenvalue weighted by Gasteiger charge is -2.38. The molecule has 0 aromatic carbocycles. The van der Waals surface area contributed by atoms with Gasteiger partial charge in [-0.3, -0.25) is 0 Å². The number of halogens is 12. The molecular weight excluding hydrogens is 492 g/mol. The van der Waals surface area contributed by atoms with E-state index in [1.165, 1.54) is 13.8 Å². The van der Waals surface area contributed by atoms with Crippen molar-refractivity contribution in [3.05, 3.63) is 24.3 Å². The fraction of sp³-hybridized carbons (Fsp3) is 0.571. The minimum atomic E-state index is -7.84. The lowest BCUT2D eigenvalue weighted by atomic mass is 9.97. The Bertz CT molecular complexity index is 622. The van der Waals surface area contributed by atoms with Crippen LogP contribution in [0.5, 0.6) is 0 Å². The molecule has 0 spiro atoms. The van der Waals surface area contributed by atoms with Crippen LogP contribution in [0.4, 0.5) is 52.7 Å². The van der Waals surface area contributed by atoms with Crippen molar-refractivity contribution in [2.75, 3.05) is 0 Å². The van der Waals surface area contributed by atoms with E-state index < -0.39 is 47.8 Å². The quantitative estimate of drug-likeness (QED) is 0.307. The molecule has 6 nitrogen and oxygen atoms in total. The maximum Gasteiger partial charge on any atom is 0.423 e. The summed E-state index contributed by atoms with van der Waals surface area (Å²) in [6.45, 7) is 9.20. The molecule has 0 aliphatic carbocycles. The van der Waals surface area contributed by atoms with E-state index in [9.17, 15) is 62.3 Å². The first-order chi connectivity index (χ1) is 13.5. The van der Waals surface area contributed by atoms with Gasteiger partial charge in [0.1, 0.15) is 0 Å². The van der Waals surface area contributed by atoms with Gasteiger partial charge >= 0.3 is 47.8 Å². The van der Waals surface area contributed by atoms with Crippen LogP contribution in [0.25, 0.3) is 0 Å². The van der Waals surface area contributed by atoms with Crippen LogP contribution in [0.3, 0.4) is 0 Å². The topological polar surface area (TPSA) is 115 Å². The van der Waals surface area contributed by atoms with E-state index in [1.807, 2.05) is 0 Å². The Morgan fingerprint density at radius 3 is 0.719 bits per heavy atom. The number of aliphatic hydroxyl groups is 2. The number of carbonyl (C=O) groups is 2. The van der Waals surface area contributed by atoms with Crippen molar-refractivity contribution in [1.29, 1.82) is 0 Å². The van der Waals surface area contributed by atoms with Crippen LogP contribution in [0, 0.1) is 0 Å². The first-order valence-corrected chi connectivity index (χ1v) is 7.03. The van der Waals surface area contributed by atoms with Crippen LogP contribution in [-0.4, -0.2) is 68.3 Å². The summed E-state index contributed by atoms with van der Waals surface area (Å²) in [5.74, 6) is -32.6. The summed E-state index contributed by atoms with van der Waals surface area (Å²) in [5.41, 5.74) is 0.352. The molecule has 0 rings (SSSR count). The molecule has 0 saturated carbocycles. The molecule has 0 bridgehead atoms. The lowest BCUT2D eigenvalue weighted by molar-refractivity contribution is -0.468. The summed E-state index contributed by atoms with van der Waals surface area (Å²) in [6.07, 6.45) is -13.9. The largest absolute Gasteiger partial charge is 0.478 e. The van der Waals surface area contributed by atoms with Gasteiger partial charge in [0, 0.05) is 11.1 Å². The van der Waals surface area contributed by atoms with Gasteiger partial charge in [0.2, 0.25) is 0 Å². The monoisotopic (exact) mass is 506 g/mol. The fourth-order valence-corrected chi connectivity index (χ4v) is 0.772. The fourth-order valence-electron chi connectivity index (χ4n) is 0.772. The van der Waals surface area contributed by atoms with Crippen molar-refractivity contribution < 1.29 is 82.7 Å². The average molecular weight is 506 g/mol. The third-order valence-electron chi connectivity index (χ3n) is 2.67. The predicted octanol–water partition coefficient (Wildman–Crippen LogP) is 3.99. The van der Waals surface area contributed by atoms with Gasteiger partial charge in [-0.1, -0.05) is 13.2 Å². The molecule has 4 N–H and O–H groups in total. The summed E-state index contributed by atoms with van der Waals surface area (Å²) in [4.78, 5) is 19.2. The molecule has 0 aliphatic rings. The number of rotatable bonds is 7. The second-order valence-corrected chi connectivity index (χ2v) is 5.55. The number of carboxylic acid groups (broad SMARTS) is 2. The standard InChI is InChI=1S/C6H2F12O2.2C4H6O2/c7-1(8,3(11,12)5(15,16)19)2(9,10)4(13,14)6(17,18)20;2*1-3(2)4(5)6/h19-20H;2*1H2,2H3,(H,5,6). The van der Waals surface area contributed by atoms with Crippen molar-refractivity contribution in [3.63, 3.8) is 0 Å². The van der Waals surface area contributed by atoms with Gasteiger partial charge in [-0.15, -0.1) is 0 Å². The molecule has 18 heteroatoms. The van der Waals surface area contributed by atoms with Crippen molar-refractivity contribution in [1.82, 2.24) is 0 Å². The number of carboxylic acids is 2. The van der Waals surface area contributed by atoms with Gasteiger partial charge in [-0.2, -0.15) is 52.7 Å². The van der Waals surface area contributed by atoms with E-state index in [1.54, 1.807) is 0 Å². The molecule has 0 unspecified atom stereocenters. The van der Waals surface area contributed by atoms with E-state index in [4.69, 9.17) is 20.4 Å². The minimum Gasteiger partial charge on any atom is -0.478 e.